The number of para-hydroxylation sites is 4. The van der Waals surface area contributed by atoms with Crippen LogP contribution in [0.3, 0.4) is 0 Å². The monoisotopic (exact) mass is 1800 g/mol. The minimum atomic E-state index is -4.94. The standard InChI is InChI=1S/4C18H14N4O2.2C2H3N.CH4O.2ClHO4.4Mn/c4*23-17-10-2-1-6-13(17)12-20-22-18(24)16-9-5-8-15(21-16)14-7-3-4-11-19-14;2*1-2-3;1-2;2*2-1(3,4)5;;;;/h4*1-12,23H,(H,22,24);2*1H3;2H,1H3;2*(H,2,3,4,5);;;;/q;;;;;;;;;2*+2;2*+3/p-10/b4*20-12+;;;;;;;;;. The second kappa shape index (κ2) is 58.9. The number of pyridine rings is 8. The Labute approximate surface area is 720 Å². The predicted molar refractivity (Wildman–Crippen MR) is 381 cm³/mol. The van der Waals surface area contributed by atoms with Crippen LogP contribution in [-0.2, 0) is 68.3 Å². The zero-order chi connectivity index (χ0) is 83.5. The molecule has 0 saturated heterocycles. The molecule has 35 nitrogen and oxygen atoms in total. The van der Waals surface area contributed by atoms with E-state index in [0.29, 0.717) is 67.8 Å². The zero-order valence-electron chi connectivity index (χ0n) is 61.0. The molecule has 0 atom stereocenters. The number of aliphatic hydroxyl groups is 1. The zero-order valence-corrected chi connectivity index (χ0v) is 67.2. The molecule has 0 bridgehead atoms. The summed E-state index contributed by atoms with van der Waals surface area (Å²) in [7, 11) is -8.89. The smallest absolute Gasteiger partial charge is 0.872 e. The molecular formula is C77H58Cl2Mn4N18O17. The SMILES string of the molecule is CC#N.CC#N.CO.[Mn+2].[Mn+2].[Mn+3].[Mn+3].[O-]/C(=N\N=C\c1ccccc1[O-])c1cccc(-c2ccccn2)n1.[O-]/C(=N\N=C\c1ccccc1[O-])c1cccc(-c2ccccn2)n1.[O-]/C(=N\N=C\c1ccccc1[O-])c1cccc(-c2ccccn2)n1.[O-]/C(=N\N=C\c1ccccc1[O-])c1cccc(-c2ccccn2)n1.[O-][Cl+3]([O-])([O-])[O-].[O-][Cl+3]([O-])([O-])[O-]. The van der Waals surface area contributed by atoms with Crippen LogP contribution in [0.4, 0.5) is 0 Å². The minimum Gasteiger partial charge on any atom is -0.872 e. The van der Waals surface area contributed by atoms with Gasteiger partial charge < -0.3 is 46.0 Å². The van der Waals surface area contributed by atoms with E-state index in [1.165, 1.54) is 63.0 Å². The first-order valence-corrected chi connectivity index (χ1v) is 34.3. The number of aliphatic hydroxyl groups excluding tert-OH is 1. The van der Waals surface area contributed by atoms with Crippen molar-refractivity contribution in [3.63, 3.8) is 0 Å². The molecule has 0 saturated carbocycles. The molecule has 0 amide bonds. The van der Waals surface area contributed by atoms with Crippen molar-refractivity contribution in [2.45, 2.75) is 13.8 Å². The molecule has 4 aromatic carbocycles. The molecular weight excluding hydrogens is 1740 g/mol. The summed E-state index contributed by atoms with van der Waals surface area (Å²) in [6.07, 6.45) is 11.6. The van der Waals surface area contributed by atoms with Crippen molar-refractivity contribution in [1.29, 1.82) is 10.5 Å². The third-order valence-electron chi connectivity index (χ3n) is 12.6. The molecule has 8 heterocycles. The number of hydrogen-bond donors (Lipinski definition) is 1. The number of halogens is 2. The van der Waals surface area contributed by atoms with E-state index in [2.05, 4.69) is 80.7 Å². The molecule has 12 aromatic rings. The second-order valence-electron chi connectivity index (χ2n) is 20.4. The number of nitriles is 2. The fourth-order valence-corrected chi connectivity index (χ4v) is 7.97. The fourth-order valence-electron chi connectivity index (χ4n) is 7.97. The molecule has 41 heteroatoms. The van der Waals surface area contributed by atoms with Gasteiger partial charge in [0.15, 0.2) is 0 Å². The molecule has 118 heavy (non-hydrogen) atoms. The molecule has 600 valence electrons. The second-order valence-corrected chi connectivity index (χ2v) is 22.0. The Hall–Kier alpha value is -12.9. The van der Waals surface area contributed by atoms with Gasteiger partial charge in [0.25, 0.3) is 0 Å². The maximum absolute atomic E-state index is 12.1. The molecule has 0 aliphatic heterocycles. The average molecular weight is 1800 g/mol. The first-order valence-electron chi connectivity index (χ1n) is 31.8. The average Bonchev–Trinajstić information content (AvgIpc) is 0.927. The van der Waals surface area contributed by atoms with Gasteiger partial charge in [0.2, 0.25) is 0 Å². The summed E-state index contributed by atoms with van der Waals surface area (Å²) in [4.78, 5) is 33.7. The van der Waals surface area contributed by atoms with Gasteiger partial charge in [-0.05, 0) is 119 Å². The van der Waals surface area contributed by atoms with E-state index in [0.717, 1.165) is 7.11 Å². The van der Waals surface area contributed by atoms with Crippen LogP contribution >= 0.6 is 0 Å². The molecule has 0 aliphatic rings. The van der Waals surface area contributed by atoms with E-state index < -0.39 is 44.1 Å². The summed E-state index contributed by atoms with van der Waals surface area (Å²) in [5, 5.41) is 145. The quantitative estimate of drug-likeness (QED) is 0.0426. The van der Waals surface area contributed by atoms with Crippen LogP contribution < -0.4 is 78.1 Å². The van der Waals surface area contributed by atoms with Crippen LogP contribution in [0, 0.1) is 43.1 Å². The van der Waals surface area contributed by atoms with Gasteiger partial charge >= 0.3 is 68.3 Å². The Morgan fingerprint density at radius 3 is 0.619 bits per heavy atom. The van der Waals surface area contributed by atoms with Gasteiger partial charge in [0.05, 0.1) is 105 Å². The van der Waals surface area contributed by atoms with E-state index in [4.69, 9.17) is 52.9 Å². The van der Waals surface area contributed by atoms with Crippen LogP contribution in [0.1, 0.15) is 58.9 Å². The number of rotatable bonds is 16. The topological polar surface area (TPSA) is 639 Å². The van der Waals surface area contributed by atoms with Crippen LogP contribution in [0.5, 0.6) is 23.0 Å². The van der Waals surface area contributed by atoms with E-state index in [1.807, 2.05) is 24.3 Å². The Morgan fingerprint density at radius 1 is 0.297 bits per heavy atom. The van der Waals surface area contributed by atoms with E-state index in [-0.39, 0.29) is 114 Å². The third kappa shape index (κ3) is 42.5. The summed E-state index contributed by atoms with van der Waals surface area (Å²) in [5.74, 6) is -3.09. The number of nitrogens with zero attached hydrogens (tertiary/aromatic N) is 18. The van der Waals surface area contributed by atoms with Crippen molar-refractivity contribution >= 4 is 48.4 Å². The van der Waals surface area contributed by atoms with E-state index >= 15 is 0 Å². The Balaban J connectivity index is 0.00000143. The van der Waals surface area contributed by atoms with Crippen molar-refractivity contribution < 1.29 is 172 Å². The molecule has 0 fully saturated rings. The molecule has 0 spiro atoms. The van der Waals surface area contributed by atoms with Gasteiger partial charge in [-0.1, -0.05) is 169 Å². The molecule has 8 aromatic heterocycles. The van der Waals surface area contributed by atoms with Crippen molar-refractivity contribution in [1.82, 2.24) is 39.9 Å². The van der Waals surface area contributed by atoms with Crippen molar-refractivity contribution in [2.24, 2.45) is 40.8 Å². The maximum atomic E-state index is 12.1. The van der Waals surface area contributed by atoms with Gasteiger partial charge in [0.1, 0.15) is 0 Å². The summed E-state index contributed by atoms with van der Waals surface area (Å²) in [6.45, 7) is 2.86. The fraction of sp³-hybridized carbons (Fsp3) is 0.0390. The Kier molecular flexibility index (Phi) is 52.5. The van der Waals surface area contributed by atoms with Crippen LogP contribution in [-0.4, -0.2) is 101 Å². The van der Waals surface area contributed by atoms with Crippen LogP contribution in [0.15, 0.2) is 308 Å². The normalized spacial score (nSPS) is 10.8. The summed E-state index contributed by atoms with van der Waals surface area (Å²) < 4.78 is 67.9. The molecule has 2 radical (unpaired) electrons. The summed E-state index contributed by atoms with van der Waals surface area (Å²) in [5.41, 5.74) is 7.04. The van der Waals surface area contributed by atoms with Gasteiger partial charge in [0, 0.05) is 69.3 Å². The number of benzene rings is 4. The van der Waals surface area contributed by atoms with Crippen molar-refractivity contribution in [3.8, 4) is 80.7 Å². The first kappa shape index (κ1) is 105. The number of aromatic nitrogens is 8. The van der Waals surface area contributed by atoms with Gasteiger partial charge in [-0.3, -0.25) is 19.9 Å². The first-order chi connectivity index (χ1) is 54.8. The van der Waals surface area contributed by atoms with Crippen LogP contribution in [0.2, 0.25) is 0 Å². The van der Waals surface area contributed by atoms with E-state index in [1.54, 1.807) is 231 Å². The number of hydrogen-bond acceptors (Lipinski definition) is 35. The van der Waals surface area contributed by atoms with E-state index in [9.17, 15) is 40.9 Å². The van der Waals surface area contributed by atoms with Crippen LogP contribution in [0.25, 0.3) is 45.6 Å². The summed E-state index contributed by atoms with van der Waals surface area (Å²) in [6, 6.07) is 70.8. The van der Waals surface area contributed by atoms with Gasteiger partial charge in [-0.15, -0.1) is 20.5 Å². The Bertz CT molecular complexity index is 4640. The van der Waals surface area contributed by atoms with Gasteiger partial charge in [-0.25, -0.2) is 57.2 Å². The van der Waals surface area contributed by atoms with Crippen molar-refractivity contribution in [2.75, 3.05) is 7.11 Å². The Morgan fingerprint density at radius 2 is 0.458 bits per heavy atom. The van der Waals surface area contributed by atoms with Crippen molar-refractivity contribution in [3.05, 3.63) is 312 Å². The third-order valence-corrected chi connectivity index (χ3v) is 12.6. The largest absolute Gasteiger partial charge is 3.00 e. The molecule has 1 N–H and O–H groups in total. The molecule has 0 unspecified atom stereocenters. The maximum Gasteiger partial charge on any atom is 3.00 e. The van der Waals surface area contributed by atoms with Gasteiger partial charge in [-0.2, -0.15) is 51.3 Å². The molecule has 12 rings (SSSR count). The predicted octanol–water partition coefficient (Wildman–Crippen LogP) is -3.42. The summed E-state index contributed by atoms with van der Waals surface area (Å²) >= 11 is 0. The molecule has 0 aliphatic carbocycles. The minimum absolute atomic E-state index is 0.